The largest absolute Gasteiger partial charge is 0.462 e. The average molecular weight is 503 g/mol. The average Bonchev–Trinajstić information content (AvgIpc) is 3.44. The van der Waals surface area contributed by atoms with Crippen LogP contribution in [-0.4, -0.2) is 56.8 Å². The molecule has 0 radical (unpaired) electrons. The number of rotatable bonds is 5. The van der Waals surface area contributed by atoms with Gasteiger partial charge in [-0.1, -0.05) is 19.4 Å². The highest BCUT2D eigenvalue weighted by Crippen LogP contribution is 2.67. The van der Waals surface area contributed by atoms with E-state index in [9.17, 15) is 29.7 Å². The lowest BCUT2D eigenvalue weighted by molar-refractivity contribution is -0.189. The van der Waals surface area contributed by atoms with Crippen LogP contribution in [0.4, 0.5) is 0 Å². The Morgan fingerprint density at radius 2 is 1.78 bits per heavy atom. The van der Waals surface area contributed by atoms with Gasteiger partial charge in [-0.2, -0.15) is 0 Å². The second-order valence-corrected chi connectivity index (χ2v) is 12.9. The van der Waals surface area contributed by atoms with Crippen LogP contribution in [0.3, 0.4) is 0 Å². The van der Waals surface area contributed by atoms with E-state index in [-0.39, 0.29) is 47.9 Å². The first-order valence-corrected chi connectivity index (χ1v) is 14.0. The zero-order chi connectivity index (χ0) is 26.0. The molecule has 0 bridgehead atoms. The molecule has 200 valence electrons. The Kier molecular flexibility index (Phi) is 6.53. The van der Waals surface area contributed by atoms with Crippen LogP contribution in [0.1, 0.15) is 91.4 Å². The van der Waals surface area contributed by atoms with E-state index >= 15 is 0 Å². The molecule has 4 fully saturated rings. The normalized spacial score (nSPS) is 44.2. The Bertz CT molecular complexity index is 967. The molecular weight excluding hydrogens is 460 g/mol. The number of carbonyl (C=O) groups is 3. The summed E-state index contributed by atoms with van der Waals surface area (Å²) in [4.78, 5) is 38.4. The number of ether oxygens (including phenoxy) is 1. The third-order valence-corrected chi connectivity index (χ3v) is 11.2. The van der Waals surface area contributed by atoms with Gasteiger partial charge in [0.25, 0.3) is 0 Å². The van der Waals surface area contributed by atoms with Gasteiger partial charge in [0.15, 0.2) is 11.6 Å². The summed E-state index contributed by atoms with van der Waals surface area (Å²) in [6.45, 7) is 5.54. The van der Waals surface area contributed by atoms with E-state index in [1.807, 2.05) is 6.92 Å². The molecule has 0 aliphatic heterocycles. The van der Waals surface area contributed by atoms with Gasteiger partial charge < -0.3 is 20.1 Å². The van der Waals surface area contributed by atoms with Crippen LogP contribution in [-0.2, 0) is 19.1 Å². The summed E-state index contributed by atoms with van der Waals surface area (Å²) in [7, 11) is 0. The zero-order valence-electron chi connectivity index (χ0n) is 21.9. The lowest BCUT2D eigenvalue weighted by atomic mass is 9.45. The van der Waals surface area contributed by atoms with E-state index in [1.54, 1.807) is 6.08 Å². The van der Waals surface area contributed by atoms with Crippen LogP contribution >= 0.6 is 0 Å². The summed E-state index contributed by atoms with van der Waals surface area (Å²) >= 11 is 0. The number of fused-ring (bicyclic) bond motifs is 5. The Hall–Kier alpha value is -1.57. The van der Waals surface area contributed by atoms with Gasteiger partial charge in [0.1, 0.15) is 17.8 Å². The fourth-order valence-electron chi connectivity index (χ4n) is 8.98. The molecule has 7 heteroatoms. The van der Waals surface area contributed by atoms with Crippen LogP contribution in [0.15, 0.2) is 11.6 Å². The molecule has 0 aromatic rings. The summed E-state index contributed by atoms with van der Waals surface area (Å²) in [6.07, 6.45) is 6.78. The smallest absolute Gasteiger partial charge is 0.312 e. The van der Waals surface area contributed by atoms with Crippen molar-refractivity contribution in [1.82, 2.24) is 0 Å². The van der Waals surface area contributed by atoms with E-state index in [1.165, 1.54) is 6.92 Å². The van der Waals surface area contributed by atoms with E-state index in [0.717, 1.165) is 50.5 Å². The summed E-state index contributed by atoms with van der Waals surface area (Å²) in [6, 6.07) is 0. The number of aliphatic hydroxyl groups excluding tert-OH is 2. The van der Waals surface area contributed by atoms with Gasteiger partial charge in [0.2, 0.25) is 0 Å². The van der Waals surface area contributed by atoms with Crippen LogP contribution in [0.25, 0.3) is 0 Å². The van der Waals surface area contributed by atoms with Gasteiger partial charge in [-0.25, -0.2) is 0 Å². The highest BCUT2D eigenvalue weighted by atomic mass is 16.5. The van der Waals surface area contributed by atoms with E-state index in [0.29, 0.717) is 12.8 Å². The molecule has 5 aliphatic rings. The molecule has 0 amide bonds. The van der Waals surface area contributed by atoms with Gasteiger partial charge in [0.05, 0.1) is 12.0 Å². The lowest BCUT2D eigenvalue weighted by Crippen LogP contribution is -2.63. The standard InChI is InChI=1S/C29H42O7/c1-16(26(34)36-19-6-4-5-7-19)24(32)25(33)29(35)13-11-21-20-9-8-17-14-18(30)10-12-27(17,2)23(20)22(31)15-28(21,29)3/h14,16,19-24,31-32,35H,4-13,15H2,1-3H3/t16?,20-,21-,22-,23+,24?,27-,28-,29-/m0/s1. The summed E-state index contributed by atoms with van der Waals surface area (Å²) in [5.74, 6) is -2.10. The quantitative estimate of drug-likeness (QED) is 0.493. The monoisotopic (exact) mass is 502 g/mol. The third-order valence-electron chi connectivity index (χ3n) is 11.2. The van der Waals surface area contributed by atoms with E-state index < -0.39 is 40.9 Å². The van der Waals surface area contributed by atoms with Crippen molar-refractivity contribution in [2.45, 2.75) is 115 Å². The zero-order valence-corrected chi connectivity index (χ0v) is 21.9. The highest BCUT2D eigenvalue weighted by molar-refractivity contribution is 5.95. The minimum Gasteiger partial charge on any atom is -0.462 e. The second kappa shape index (κ2) is 9.02. The van der Waals surface area contributed by atoms with Crippen molar-refractivity contribution in [2.75, 3.05) is 0 Å². The summed E-state index contributed by atoms with van der Waals surface area (Å²) in [5.41, 5.74) is -1.83. The number of Topliss-reactive ketones (excluding diaryl/α,β-unsaturated/α-hetero) is 1. The molecule has 36 heavy (non-hydrogen) atoms. The number of hydrogen-bond donors (Lipinski definition) is 3. The van der Waals surface area contributed by atoms with Crippen LogP contribution in [0.2, 0.25) is 0 Å². The molecule has 9 atom stereocenters. The maximum Gasteiger partial charge on any atom is 0.312 e. The van der Waals surface area contributed by atoms with E-state index in [4.69, 9.17) is 4.74 Å². The minimum atomic E-state index is -1.81. The van der Waals surface area contributed by atoms with Gasteiger partial charge in [0, 0.05) is 11.8 Å². The maximum atomic E-state index is 13.7. The number of ketones is 2. The SMILES string of the molecule is CC(C(=O)OC1CCCC1)C(O)C(=O)[C@@]1(O)CC[C@H]2[C@@H]3CCC4=CC(=O)CC[C@]4(C)[C@H]3[C@@H](O)C[C@@]21C. The van der Waals surface area contributed by atoms with Crippen molar-refractivity contribution in [2.24, 2.45) is 34.5 Å². The van der Waals surface area contributed by atoms with E-state index in [2.05, 4.69) is 6.92 Å². The number of aliphatic hydroxyl groups is 3. The second-order valence-electron chi connectivity index (χ2n) is 12.9. The molecular formula is C29H42O7. The molecule has 5 rings (SSSR count). The van der Waals surface area contributed by atoms with Gasteiger partial charge in [-0.05, 0) is 100 Å². The molecule has 5 aliphatic carbocycles. The third kappa shape index (κ3) is 3.75. The van der Waals surface area contributed by atoms with Gasteiger partial charge in [-0.3, -0.25) is 14.4 Å². The maximum absolute atomic E-state index is 13.7. The fourth-order valence-corrected chi connectivity index (χ4v) is 8.98. The van der Waals surface area contributed by atoms with Crippen LogP contribution in [0, 0.1) is 34.5 Å². The summed E-state index contributed by atoms with van der Waals surface area (Å²) < 4.78 is 5.53. The number of carbonyl (C=O) groups excluding carboxylic acids is 3. The molecule has 4 saturated carbocycles. The number of allylic oxidation sites excluding steroid dienone is 1. The predicted octanol–water partition coefficient (Wildman–Crippen LogP) is 3.27. The molecule has 7 nitrogen and oxygen atoms in total. The molecule has 0 aromatic heterocycles. The molecule has 0 aromatic carbocycles. The number of esters is 1. The first-order valence-electron chi connectivity index (χ1n) is 14.0. The Labute approximate surface area is 213 Å². The molecule has 3 N–H and O–H groups in total. The Morgan fingerprint density at radius 1 is 1.08 bits per heavy atom. The lowest BCUT2D eigenvalue weighted by Gasteiger charge is -2.60. The van der Waals surface area contributed by atoms with Crippen LogP contribution < -0.4 is 0 Å². The van der Waals surface area contributed by atoms with Gasteiger partial charge >= 0.3 is 5.97 Å². The highest BCUT2D eigenvalue weighted by Gasteiger charge is 2.69. The summed E-state index contributed by atoms with van der Waals surface area (Å²) in [5, 5.41) is 34.4. The fraction of sp³-hybridized carbons (Fsp3) is 0.828. The molecule has 2 unspecified atom stereocenters. The molecule has 0 heterocycles. The van der Waals surface area contributed by atoms with Crippen molar-refractivity contribution < 1.29 is 34.4 Å². The predicted molar refractivity (Wildman–Crippen MR) is 132 cm³/mol. The van der Waals surface area contributed by atoms with Gasteiger partial charge in [-0.15, -0.1) is 0 Å². The molecule has 0 saturated heterocycles. The van der Waals surface area contributed by atoms with Crippen molar-refractivity contribution in [1.29, 1.82) is 0 Å². The topological polar surface area (TPSA) is 121 Å². The van der Waals surface area contributed by atoms with Crippen molar-refractivity contribution in [3.05, 3.63) is 11.6 Å². The van der Waals surface area contributed by atoms with Crippen molar-refractivity contribution >= 4 is 17.5 Å². The first-order chi connectivity index (χ1) is 16.9. The van der Waals surface area contributed by atoms with Crippen LogP contribution in [0.5, 0.6) is 0 Å². The van der Waals surface area contributed by atoms with Crippen molar-refractivity contribution in [3.8, 4) is 0 Å². The first kappa shape index (κ1) is 26.1. The Morgan fingerprint density at radius 3 is 2.47 bits per heavy atom. The number of hydrogen-bond acceptors (Lipinski definition) is 7. The Balaban J connectivity index is 1.37. The minimum absolute atomic E-state index is 0.0174. The molecule has 0 spiro atoms. The van der Waals surface area contributed by atoms with Crippen molar-refractivity contribution in [3.63, 3.8) is 0 Å².